The Balaban J connectivity index is 1.70. The highest BCUT2D eigenvalue weighted by molar-refractivity contribution is 5.89. The fraction of sp³-hybridized carbons (Fsp3) is 0.261. The molecule has 0 fully saturated rings. The second-order valence-corrected chi connectivity index (χ2v) is 6.62. The van der Waals surface area contributed by atoms with Crippen molar-refractivity contribution in [3.8, 4) is 17.2 Å². The molecule has 1 atom stereocenters. The Hall–Kier alpha value is -3.21. The van der Waals surface area contributed by atoms with Crippen molar-refractivity contribution in [3.63, 3.8) is 0 Å². The fourth-order valence-electron chi connectivity index (χ4n) is 3.18. The van der Waals surface area contributed by atoms with Gasteiger partial charge in [0, 0.05) is 19.0 Å². The van der Waals surface area contributed by atoms with Crippen LogP contribution >= 0.6 is 0 Å². The van der Waals surface area contributed by atoms with Crippen molar-refractivity contribution in [2.45, 2.75) is 19.6 Å². The first kappa shape index (κ1) is 19.5. The van der Waals surface area contributed by atoms with Gasteiger partial charge in [-0.3, -0.25) is 4.79 Å². The standard InChI is InChI=1S/C23H25NO4/c1-16(28-20-11-7-9-18-8-5-6-10-19(18)20)23(25)24(2)15-17-12-13-21(26-3)22(14-17)27-4/h5-14,16H,15H2,1-4H3. The average Bonchev–Trinajstić information content (AvgIpc) is 2.73. The van der Waals surface area contributed by atoms with E-state index in [9.17, 15) is 4.79 Å². The van der Waals surface area contributed by atoms with Crippen LogP contribution in [-0.2, 0) is 11.3 Å². The molecular formula is C23H25NO4. The average molecular weight is 379 g/mol. The molecule has 5 nitrogen and oxygen atoms in total. The third-order valence-electron chi connectivity index (χ3n) is 4.65. The third-order valence-corrected chi connectivity index (χ3v) is 4.65. The second-order valence-electron chi connectivity index (χ2n) is 6.62. The second kappa shape index (κ2) is 8.65. The molecule has 5 heteroatoms. The SMILES string of the molecule is COc1ccc(CN(C)C(=O)C(C)Oc2cccc3ccccc23)cc1OC. The highest BCUT2D eigenvalue weighted by Crippen LogP contribution is 2.28. The largest absolute Gasteiger partial charge is 0.493 e. The van der Waals surface area contributed by atoms with E-state index in [1.54, 1.807) is 33.1 Å². The van der Waals surface area contributed by atoms with Gasteiger partial charge in [0.15, 0.2) is 17.6 Å². The van der Waals surface area contributed by atoms with Gasteiger partial charge < -0.3 is 19.1 Å². The van der Waals surface area contributed by atoms with Crippen molar-refractivity contribution >= 4 is 16.7 Å². The lowest BCUT2D eigenvalue weighted by atomic mass is 10.1. The highest BCUT2D eigenvalue weighted by atomic mass is 16.5. The summed E-state index contributed by atoms with van der Waals surface area (Å²) in [5, 5.41) is 2.07. The molecule has 3 aromatic rings. The van der Waals surface area contributed by atoms with Crippen molar-refractivity contribution in [1.29, 1.82) is 0 Å². The fourth-order valence-corrected chi connectivity index (χ4v) is 3.18. The molecule has 0 N–H and O–H groups in total. The summed E-state index contributed by atoms with van der Waals surface area (Å²) >= 11 is 0. The zero-order chi connectivity index (χ0) is 20.1. The summed E-state index contributed by atoms with van der Waals surface area (Å²) in [4.78, 5) is 14.5. The molecule has 0 saturated heterocycles. The molecule has 1 unspecified atom stereocenters. The quantitative estimate of drug-likeness (QED) is 0.615. The van der Waals surface area contributed by atoms with Crippen LogP contribution in [0.4, 0.5) is 0 Å². The van der Waals surface area contributed by atoms with E-state index in [-0.39, 0.29) is 5.91 Å². The minimum Gasteiger partial charge on any atom is -0.493 e. The van der Waals surface area contributed by atoms with E-state index < -0.39 is 6.10 Å². The van der Waals surface area contributed by atoms with Crippen LogP contribution in [0.2, 0.25) is 0 Å². The van der Waals surface area contributed by atoms with Gasteiger partial charge in [0.25, 0.3) is 5.91 Å². The lowest BCUT2D eigenvalue weighted by Gasteiger charge is -2.23. The Bertz CT molecular complexity index is 964. The first-order chi connectivity index (χ1) is 13.5. The molecule has 0 aliphatic heterocycles. The molecular weight excluding hydrogens is 354 g/mol. The summed E-state index contributed by atoms with van der Waals surface area (Å²) in [6, 6.07) is 19.4. The zero-order valence-electron chi connectivity index (χ0n) is 16.6. The summed E-state index contributed by atoms with van der Waals surface area (Å²) in [7, 11) is 4.96. The number of benzene rings is 3. The minimum absolute atomic E-state index is 0.0947. The number of methoxy groups -OCH3 is 2. The van der Waals surface area contributed by atoms with Crippen molar-refractivity contribution in [2.75, 3.05) is 21.3 Å². The molecule has 3 rings (SSSR count). The predicted octanol–water partition coefficient (Wildman–Crippen LogP) is 4.28. The van der Waals surface area contributed by atoms with Crippen LogP contribution in [0.3, 0.4) is 0 Å². The molecule has 146 valence electrons. The van der Waals surface area contributed by atoms with E-state index in [1.807, 2.05) is 60.7 Å². The number of carbonyl (C=O) groups is 1. The lowest BCUT2D eigenvalue weighted by Crippen LogP contribution is -2.37. The van der Waals surface area contributed by atoms with Crippen molar-refractivity contribution in [2.24, 2.45) is 0 Å². The van der Waals surface area contributed by atoms with Gasteiger partial charge in [0.1, 0.15) is 5.75 Å². The number of hydrogen-bond acceptors (Lipinski definition) is 4. The summed E-state index contributed by atoms with van der Waals surface area (Å²) in [5.74, 6) is 1.91. The minimum atomic E-state index is -0.601. The maximum atomic E-state index is 12.8. The number of amides is 1. The topological polar surface area (TPSA) is 48.0 Å². The number of nitrogens with zero attached hydrogens (tertiary/aromatic N) is 1. The third kappa shape index (κ3) is 4.19. The van der Waals surface area contributed by atoms with E-state index >= 15 is 0 Å². The van der Waals surface area contributed by atoms with Gasteiger partial charge in [-0.1, -0.05) is 42.5 Å². The molecule has 3 aromatic carbocycles. The van der Waals surface area contributed by atoms with Crippen LogP contribution in [0.5, 0.6) is 17.2 Å². The molecule has 0 radical (unpaired) electrons. The number of ether oxygens (including phenoxy) is 3. The number of likely N-dealkylation sites (N-methyl/N-ethyl adjacent to an activating group) is 1. The number of carbonyl (C=O) groups excluding carboxylic acids is 1. The molecule has 0 bridgehead atoms. The Kier molecular flexibility index (Phi) is 6.04. The van der Waals surface area contributed by atoms with Gasteiger partial charge in [-0.15, -0.1) is 0 Å². The first-order valence-corrected chi connectivity index (χ1v) is 9.13. The summed E-state index contributed by atoms with van der Waals surface area (Å²) in [5.41, 5.74) is 0.950. The van der Waals surface area contributed by atoms with Gasteiger partial charge in [0.05, 0.1) is 14.2 Å². The van der Waals surface area contributed by atoms with E-state index in [0.717, 1.165) is 16.3 Å². The number of hydrogen-bond donors (Lipinski definition) is 0. The van der Waals surface area contributed by atoms with Gasteiger partial charge in [-0.25, -0.2) is 0 Å². The molecule has 0 aliphatic carbocycles. The van der Waals surface area contributed by atoms with E-state index in [2.05, 4.69) is 0 Å². The predicted molar refractivity (Wildman–Crippen MR) is 110 cm³/mol. The van der Waals surface area contributed by atoms with Gasteiger partial charge in [-0.05, 0) is 36.1 Å². The Morgan fingerprint density at radius 3 is 2.39 bits per heavy atom. The molecule has 0 heterocycles. The molecule has 0 saturated carbocycles. The molecule has 0 aliphatic rings. The number of fused-ring (bicyclic) bond motifs is 1. The van der Waals surface area contributed by atoms with Crippen molar-refractivity contribution in [3.05, 3.63) is 66.2 Å². The van der Waals surface area contributed by atoms with Crippen LogP contribution in [0.1, 0.15) is 12.5 Å². The number of rotatable bonds is 7. The van der Waals surface area contributed by atoms with Gasteiger partial charge in [-0.2, -0.15) is 0 Å². The first-order valence-electron chi connectivity index (χ1n) is 9.13. The van der Waals surface area contributed by atoms with Crippen LogP contribution < -0.4 is 14.2 Å². The Morgan fingerprint density at radius 2 is 1.64 bits per heavy atom. The van der Waals surface area contributed by atoms with E-state index in [0.29, 0.717) is 23.8 Å². The molecule has 0 spiro atoms. The summed E-state index contributed by atoms with van der Waals surface area (Å²) in [6.07, 6.45) is -0.601. The Morgan fingerprint density at radius 1 is 0.929 bits per heavy atom. The van der Waals surface area contributed by atoms with Gasteiger partial charge >= 0.3 is 0 Å². The van der Waals surface area contributed by atoms with Crippen molar-refractivity contribution in [1.82, 2.24) is 4.90 Å². The normalized spacial score (nSPS) is 11.7. The van der Waals surface area contributed by atoms with Crippen LogP contribution in [0.15, 0.2) is 60.7 Å². The van der Waals surface area contributed by atoms with Crippen LogP contribution in [0, 0.1) is 0 Å². The molecule has 28 heavy (non-hydrogen) atoms. The maximum absolute atomic E-state index is 12.8. The molecule has 1 amide bonds. The maximum Gasteiger partial charge on any atom is 0.263 e. The smallest absolute Gasteiger partial charge is 0.263 e. The zero-order valence-corrected chi connectivity index (χ0v) is 16.6. The van der Waals surface area contributed by atoms with E-state index in [4.69, 9.17) is 14.2 Å². The van der Waals surface area contributed by atoms with E-state index in [1.165, 1.54) is 0 Å². The monoisotopic (exact) mass is 379 g/mol. The molecule has 0 aromatic heterocycles. The highest BCUT2D eigenvalue weighted by Gasteiger charge is 2.20. The Labute approximate surface area is 165 Å². The van der Waals surface area contributed by atoms with Crippen LogP contribution in [0.25, 0.3) is 10.8 Å². The van der Waals surface area contributed by atoms with Crippen molar-refractivity contribution < 1.29 is 19.0 Å². The van der Waals surface area contributed by atoms with Crippen LogP contribution in [-0.4, -0.2) is 38.2 Å². The summed E-state index contributed by atoms with van der Waals surface area (Å²) < 4.78 is 16.6. The lowest BCUT2D eigenvalue weighted by molar-refractivity contribution is -0.137. The van der Waals surface area contributed by atoms with Gasteiger partial charge in [0.2, 0.25) is 0 Å². The summed E-state index contributed by atoms with van der Waals surface area (Å²) in [6.45, 7) is 2.22.